The first-order valence-electron chi connectivity index (χ1n) is 11.4. The zero-order valence-corrected chi connectivity index (χ0v) is 23.1. The van der Waals surface area contributed by atoms with Crippen molar-refractivity contribution in [2.24, 2.45) is 0 Å². The van der Waals surface area contributed by atoms with E-state index in [1.807, 2.05) is 50.2 Å². The molecule has 0 bridgehead atoms. The monoisotopic (exact) mass is 571 g/mol. The van der Waals surface area contributed by atoms with Crippen LogP contribution in [-0.2, 0) is 26.2 Å². The van der Waals surface area contributed by atoms with Crippen LogP contribution in [0.1, 0.15) is 23.6 Å². The highest BCUT2D eigenvalue weighted by Gasteiger charge is 2.32. The molecule has 1 N–H and O–H groups in total. The number of sulfonamides is 1. The summed E-state index contributed by atoms with van der Waals surface area (Å²) in [5, 5.41) is 2.58. The van der Waals surface area contributed by atoms with Gasteiger partial charge in [-0.15, -0.1) is 0 Å². The summed E-state index contributed by atoms with van der Waals surface area (Å²) in [5.74, 6) is -0.840. The first-order chi connectivity index (χ1) is 17.0. The lowest BCUT2D eigenvalue weighted by Gasteiger charge is -2.32. The molecule has 0 fully saturated rings. The molecule has 3 aromatic carbocycles. The van der Waals surface area contributed by atoms with Gasteiger partial charge in [-0.2, -0.15) is 0 Å². The van der Waals surface area contributed by atoms with E-state index in [0.29, 0.717) is 5.69 Å². The number of benzene rings is 3. The molecule has 9 heteroatoms. The number of carbonyl (C=O) groups is 2. The third kappa shape index (κ3) is 6.33. The van der Waals surface area contributed by atoms with Crippen molar-refractivity contribution in [1.82, 2.24) is 10.2 Å². The summed E-state index contributed by atoms with van der Waals surface area (Å²) in [7, 11) is -2.57. The molecule has 3 rings (SSSR count). The third-order valence-corrected chi connectivity index (χ3v) is 8.15. The van der Waals surface area contributed by atoms with Crippen molar-refractivity contribution in [2.75, 3.05) is 17.9 Å². The molecule has 0 aliphatic rings. The van der Waals surface area contributed by atoms with Crippen LogP contribution in [-0.4, -0.2) is 44.8 Å². The van der Waals surface area contributed by atoms with Gasteiger partial charge in [0.15, 0.2) is 0 Å². The summed E-state index contributed by atoms with van der Waals surface area (Å²) >= 11 is 3.44. The van der Waals surface area contributed by atoms with Crippen molar-refractivity contribution in [3.63, 3.8) is 0 Å². The van der Waals surface area contributed by atoms with Crippen LogP contribution in [0.2, 0.25) is 0 Å². The summed E-state index contributed by atoms with van der Waals surface area (Å²) in [6, 6.07) is 20.0. The van der Waals surface area contributed by atoms with Gasteiger partial charge in [0.05, 0.1) is 10.6 Å². The van der Waals surface area contributed by atoms with Crippen LogP contribution >= 0.6 is 15.9 Å². The molecule has 0 unspecified atom stereocenters. The van der Waals surface area contributed by atoms with Crippen molar-refractivity contribution in [3.8, 4) is 0 Å². The van der Waals surface area contributed by atoms with E-state index in [9.17, 15) is 18.0 Å². The SMILES string of the molecule is CNC(=O)[C@@H](C)N(Cc1cccc(Br)c1)C(=O)CN(c1ccc(C)cc1C)S(=O)(=O)c1ccccc1. The van der Waals surface area contributed by atoms with Gasteiger partial charge in [-0.1, -0.05) is 64.0 Å². The maximum atomic E-state index is 13.8. The van der Waals surface area contributed by atoms with Gasteiger partial charge < -0.3 is 10.2 Å². The van der Waals surface area contributed by atoms with Crippen LogP contribution in [0.25, 0.3) is 0 Å². The molecule has 0 aliphatic carbocycles. The second-order valence-electron chi connectivity index (χ2n) is 8.56. The fourth-order valence-electron chi connectivity index (χ4n) is 3.94. The number of hydrogen-bond acceptors (Lipinski definition) is 4. The van der Waals surface area contributed by atoms with Crippen molar-refractivity contribution in [3.05, 3.63) is 94.0 Å². The first kappa shape index (κ1) is 27.4. The smallest absolute Gasteiger partial charge is 0.264 e. The van der Waals surface area contributed by atoms with Gasteiger partial charge >= 0.3 is 0 Å². The van der Waals surface area contributed by atoms with E-state index in [4.69, 9.17) is 0 Å². The van der Waals surface area contributed by atoms with E-state index >= 15 is 0 Å². The second kappa shape index (κ2) is 11.7. The fraction of sp³-hybridized carbons (Fsp3) is 0.259. The van der Waals surface area contributed by atoms with Gasteiger partial charge in [-0.25, -0.2) is 8.42 Å². The van der Waals surface area contributed by atoms with Gasteiger partial charge in [-0.05, 0) is 62.2 Å². The van der Waals surface area contributed by atoms with Crippen LogP contribution in [0, 0.1) is 13.8 Å². The number of rotatable bonds is 9. The summed E-state index contributed by atoms with van der Waals surface area (Å²) in [5.41, 5.74) is 2.91. The summed E-state index contributed by atoms with van der Waals surface area (Å²) < 4.78 is 29.5. The van der Waals surface area contributed by atoms with Crippen LogP contribution in [0.15, 0.2) is 82.2 Å². The molecule has 0 aromatic heterocycles. The zero-order valence-electron chi connectivity index (χ0n) is 20.7. The molecular formula is C27H30BrN3O4S. The van der Waals surface area contributed by atoms with E-state index < -0.39 is 28.5 Å². The standard InChI is InChI=1S/C27H30BrN3O4S/c1-19-13-14-25(20(2)15-19)31(36(34,35)24-11-6-5-7-12-24)18-26(32)30(21(3)27(33)29-4)17-22-9-8-10-23(28)16-22/h5-16,21H,17-18H2,1-4H3,(H,29,33)/t21-/m1/s1. The molecule has 0 saturated heterocycles. The number of halogens is 1. The van der Waals surface area contributed by atoms with Gasteiger partial charge in [0, 0.05) is 18.1 Å². The number of hydrogen-bond donors (Lipinski definition) is 1. The Kier molecular flexibility index (Phi) is 8.92. The number of amides is 2. The largest absolute Gasteiger partial charge is 0.357 e. The first-order valence-corrected chi connectivity index (χ1v) is 13.7. The number of nitrogens with one attached hydrogen (secondary N) is 1. The van der Waals surface area contributed by atoms with Gasteiger partial charge in [0.2, 0.25) is 11.8 Å². The molecule has 1 atom stereocenters. The van der Waals surface area contributed by atoms with Crippen LogP contribution in [0.3, 0.4) is 0 Å². The Bertz CT molecular complexity index is 1350. The van der Waals surface area contributed by atoms with Gasteiger partial charge in [0.25, 0.3) is 10.0 Å². The zero-order chi connectivity index (χ0) is 26.5. The van der Waals surface area contributed by atoms with Crippen molar-refractivity contribution >= 4 is 43.5 Å². The van der Waals surface area contributed by atoms with Crippen molar-refractivity contribution in [2.45, 2.75) is 38.3 Å². The average Bonchev–Trinajstić information content (AvgIpc) is 2.85. The Hall–Kier alpha value is -3.17. The number of carbonyl (C=O) groups excluding carboxylic acids is 2. The predicted molar refractivity (Wildman–Crippen MR) is 145 cm³/mol. The Labute approximate surface area is 221 Å². The second-order valence-corrected chi connectivity index (χ2v) is 11.3. The highest BCUT2D eigenvalue weighted by atomic mass is 79.9. The minimum absolute atomic E-state index is 0.0793. The quantitative estimate of drug-likeness (QED) is 0.411. The van der Waals surface area contributed by atoms with Crippen LogP contribution < -0.4 is 9.62 Å². The Balaban J connectivity index is 2.06. The van der Waals surface area contributed by atoms with Gasteiger partial charge in [-0.3, -0.25) is 13.9 Å². The minimum atomic E-state index is -4.07. The Morgan fingerprint density at radius 3 is 2.28 bits per heavy atom. The van der Waals surface area contributed by atoms with E-state index in [-0.39, 0.29) is 17.3 Å². The molecule has 0 saturated carbocycles. The molecule has 0 aliphatic heterocycles. The van der Waals surface area contributed by atoms with Gasteiger partial charge in [0.1, 0.15) is 12.6 Å². The predicted octanol–water partition coefficient (Wildman–Crippen LogP) is 4.42. The molecule has 190 valence electrons. The van der Waals surface area contributed by atoms with Crippen molar-refractivity contribution in [1.29, 1.82) is 0 Å². The highest BCUT2D eigenvalue weighted by Crippen LogP contribution is 2.28. The number of likely N-dealkylation sites (N-methyl/N-ethyl adjacent to an activating group) is 1. The molecule has 0 spiro atoms. The topological polar surface area (TPSA) is 86.8 Å². The summed E-state index contributed by atoms with van der Waals surface area (Å²) in [6.07, 6.45) is 0. The molecule has 0 heterocycles. The van der Waals surface area contributed by atoms with Crippen LogP contribution in [0.5, 0.6) is 0 Å². The van der Waals surface area contributed by atoms with Crippen molar-refractivity contribution < 1.29 is 18.0 Å². The van der Waals surface area contributed by atoms with Crippen LogP contribution in [0.4, 0.5) is 5.69 Å². The number of nitrogens with zero attached hydrogens (tertiary/aromatic N) is 2. The Morgan fingerprint density at radius 1 is 0.972 bits per heavy atom. The molecule has 2 amide bonds. The summed E-state index contributed by atoms with van der Waals surface area (Å²) in [6.45, 7) is 5.03. The molecule has 36 heavy (non-hydrogen) atoms. The normalized spacial score (nSPS) is 12.0. The molecule has 0 radical (unpaired) electrons. The fourth-order valence-corrected chi connectivity index (χ4v) is 5.89. The Morgan fingerprint density at radius 2 is 1.67 bits per heavy atom. The lowest BCUT2D eigenvalue weighted by Crippen LogP contribution is -2.50. The number of aryl methyl sites for hydroxylation is 2. The highest BCUT2D eigenvalue weighted by molar-refractivity contribution is 9.10. The third-order valence-electron chi connectivity index (χ3n) is 5.89. The molecule has 3 aromatic rings. The van der Waals surface area contributed by atoms with E-state index in [1.54, 1.807) is 31.2 Å². The molecular weight excluding hydrogens is 542 g/mol. The maximum absolute atomic E-state index is 13.8. The average molecular weight is 573 g/mol. The summed E-state index contributed by atoms with van der Waals surface area (Å²) in [4.78, 5) is 27.8. The maximum Gasteiger partial charge on any atom is 0.264 e. The van der Waals surface area contributed by atoms with E-state index in [0.717, 1.165) is 25.5 Å². The number of anilines is 1. The molecule has 7 nitrogen and oxygen atoms in total. The lowest BCUT2D eigenvalue weighted by molar-refractivity contribution is -0.139. The minimum Gasteiger partial charge on any atom is -0.357 e. The van der Waals surface area contributed by atoms with E-state index in [2.05, 4.69) is 21.2 Å². The van der Waals surface area contributed by atoms with E-state index in [1.165, 1.54) is 24.1 Å². The lowest BCUT2D eigenvalue weighted by atomic mass is 10.1.